The summed E-state index contributed by atoms with van der Waals surface area (Å²) in [6, 6.07) is 7.14. The number of para-hydroxylation sites is 2. The van der Waals surface area contributed by atoms with Gasteiger partial charge in [-0.15, -0.1) is 4.57 Å². The molecule has 0 saturated carbocycles. The molecule has 0 amide bonds. The highest BCUT2D eigenvalue weighted by Gasteiger charge is 2.22. The standard InChI is InChI=1S/C9H7ClN2O2/c10-8-9(13)14-5-12(8)7-4-2-1-3-6(7)11/h1-5H,11H2/p+1. The van der Waals surface area contributed by atoms with Crippen molar-refractivity contribution in [2.45, 2.75) is 0 Å². The van der Waals surface area contributed by atoms with Crippen molar-refractivity contribution in [2.75, 3.05) is 5.73 Å². The zero-order chi connectivity index (χ0) is 10.1. The van der Waals surface area contributed by atoms with Crippen LogP contribution in [0.25, 0.3) is 5.69 Å². The minimum Gasteiger partial charge on any atom is -0.475 e. The van der Waals surface area contributed by atoms with Gasteiger partial charge in [0.05, 0.1) is 0 Å². The average Bonchev–Trinajstić information content (AvgIpc) is 2.49. The van der Waals surface area contributed by atoms with Crippen LogP contribution in [0.2, 0.25) is 5.15 Å². The van der Waals surface area contributed by atoms with Gasteiger partial charge < -0.3 is 15.3 Å². The van der Waals surface area contributed by atoms with E-state index in [4.69, 9.17) is 26.9 Å². The van der Waals surface area contributed by atoms with E-state index in [1.807, 2.05) is 12.1 Å². The average molecular weight is 212 g/mol. The molecular weight excluding hydrogens is 204 g/mol. The zero-order valence-corrected chi connectivity index (χ0v) is 7.90. The van der Waals surface area contributed by atoms with Gasteiger partial charge >= 0.3 is 17.5 Å². The van der Waals surface area contributed by atoms with Crippen molar-refractivity contribution in [2.24, 2.45) is 0 Å². The predicted molar refractivity (Wildman–Crippen MR) is 51.3 cm³/mol. The van der Waals surface area contributed by atoms with E-state index in [2.05, 4.69) is 0 Å². The number of rotatable bonds is 1. The third-order valence-corrected chi connectivity index (χ3v) is 2.20. The first kappa shape index (κ1) is 8.90. The fourth-order valence-electron chi connectivity index (χ4n) is 1.17. The van der Waals surface area contributed by atoms with Crippen LogP contribution in [0.1, 0.15) is 0 Å². The topological polar surface area (TPSA) is 63.3 Å². The first-order valence-corrected chi connectivity index (χ1v) is 4.30. The molecule has 0 saturated heterocycles. The fraction of sp³-hybridized carbons (Fsp3) is 0. The second kappa shape index (κ2) is 3.23. The minimum absolute atomic E-state index is 0.0999. The van der Waals surface area contributed by atoms with E-state index in [-0.39, 0.29) is 11.1 Å². The Kier molecular flexibility index (Phi) is 2.05. The molecule has 0 atom stereocenters. The van der Waals surface area contributed by atoms with Crippen molar-refractivity contribution in [1.29, 1.82) is 0 Å². The lowest BCUT2D eigenvalue weighted by atomic mass is 10.3. The highest BCUT2D eigenvalue weighted by molar-refractivity contribution is 6.29. The van der Waals surface area contributed by atoms with Gasteiger partial charge in [0.15, 0.2) is 0 Å². The molecule has 0 fully saturated rings. The molecule has 2 aromatic rings. The lowest BCUT2D eigenvalue weighted by Gasteiger charge is -1.95. The molecule has 1 aromatic heterocycles. The van der Waals surface area contributed by atoms with Gasteiger partial charge in [0.2, 0.25) is 5.69 Å². The lowest BCUT2D eigenvalue weighted by molar-refractivity contribution is -0.596. The Morgan fingerprint density at radius 2 is 2.07 bits per heavy atom. The molecule has 0 aliphatic rings. The van der Waals surface area contributed by atoms with Gasteiger partial charge in [-0.1, -0.05) is 12.1 Å². The van der Waals surface area contributed by atoms with E-state index in [0.717, 1.165) is 0 Å². The number of nitrogens with two attached hydrogens (primary N) is 1. The van der Waals surface area contributed by atoms with Gasteiger partial charge in [-0.05, 0) is 17.7 Å². The van der Waals surface area contributed by atoms with Crippen LogP contribution in [-0.4, -0.2) is 5.11 Å². The number of hydrogen-bond donors (Lipinski definition) is 2. The van der Waals surface area contributed by atoms with Crippen LogP contribution in [0, 0.1) is 0 Å². The summed E-state index contributed by atoms with van der Waals surface area (Å²) in [7, 11) is 0. The van der Waals surface area contributed by atoms with Gasteiger partial charge in [-0.2, -0.15) is 0 Å². The van der Waals surface area contributed by atoms with E-state index in [1.54, 1.807) is 12.1 Å². The predicted octanol–water partition coefficient (Wildman–Crippen LogP) is 1.50. The summed E-state index contributed by atoms with van der Waals surface area (Å²) < 4.78 is 6.20. The molecule has 0 unspecified atom stereocenters. The molecule has 72 valence electrons. The van der Waals surface area contributed by atoms with Crippen molar-refractivity contribution in [3.8, 4) is 11.6 Å². The first-order valence-electron chi connectivity index (χ1n) is 3.92. The van der Waals surface area contributed by atoms with E-state index in [9.17, 15) is 0 Å². The van der Waals surface area contributed by atoms with Crippen LogP contribution in [0.5, 0.6) is 5.95 Å². The SMILES string of the molecule is Nc1ccccc1-[n+]1coc(O)c1Cl. The fourth-order valence-corrected chi connectivity index (χ4v) is 1.35. The second-order valence-electron chi connectivity index (χ2n) is 2.75. The minimum atomic E-state index is -0.324. The molecule has 0 radical (unpaired) electrons. The molecule has 1 aromatic carbocycles. The van der Waals surface area contributed by atoms with Crippen molar-refractivity contribution in [3.05, 3.63) is 35.8 Å². The normalized spacial score (nSPS) is 10.4. The molecular formula is C9H8ClN2O2+. The summed E-state index contributed by atoms with van der Waals surface area (Å²) >= 11 is 5.78. The molecule has 4 nitrogen and oxygen atoms in total. The van der Waals surface area contributed by atoms with Gasteiger partial charge in [-0.25, -0.2) is 0 Å². The number of aromatic nitrogens is 1. The Balaban J connectivity index is 2.60. The highest BCUT2D eigenvalue weighted by Crippen LogP contribution is 2.22. The van der Waals surface area contributed by atoms with Crippen molar-refractivity contribution < 1.29 is 14.1 Å². The van der Waals surface area contributed by atoms with Crippen LogP contribution in [-0.2, 0) is 0 Å². The van der Waals surface area contributed by atoms with Crippen molar-refractivity contribution in [3.63, 3.8) is 0 Å². The van der Waals surface area contributed by atoms with Crippen LogP contribution >= 0.6 is 11.6 Å². The molecule has 0 aliphatic carbocycles. The maximum Gasteiger partial charge on any atom is 0.375 e. The van der Waals surface area contributed by atoms with Crippen LogP contribution in [0.3, 0.4) is 0 Å². The van der Waals surface area contributed by atoms with Crippen molar-refractivity contribution >= 4 is 17.3 Å². The van der Waals surface area contributed by atoms with Crippen LogP contribution in [0.4, 0.5) is 5.69 Å². The summed E-state index contributed by atoms with van der Waals surface area (Å²) in [5, 5.41) is 9.23. The maximum atomic E-state index is 9.13. The maximum absolute atomic E-state index is 9.13. The highest BCUT2D eigenvalue weighted by atomic mass is 35.5. The molecule has 0 aliphatic heterocycles. The Morgan fingerprint density at radius 1 is 1.36 bits per heavy atom. The number of halogens is 1. The summed E-state index contributed by atoms with van der Waals surface area (Å²) in [6.45, 7) is 0. The van der Waals surface area contributed by atoms with Crippen molar-refractivity contribution in [1.82, 2.24) is 0 Å². The summed E-state index contributed by atoms with van der Waals surface area (Å²) in [6.07, 6.45) is 1.30. The van der Waals surface area contributed by atoms with E-state index in [0.29, 0.717) is 11.4 Å². The van der Waals surface area contributed by atoms with Gasteiger partial charge in [-0.3, -0.25) is 0 Å². The van der Waals surface area contributed by atoms with E-state index < -0.39 is 0 Å². The molecule has 5 heteroatoms. The monoisotopic (exact) mass is 211 g/mol. The zero-order valence-electron chi connectivity index (χ0n) is 7.14. The number of nitrogen functional groups attached to an aromatic ring is 1. The molecule has 3 N–H and O–H groups in total. The quantitative estimate of drug-likeness (QED) is 0.555. The molecule has 0 spiro atoms. The number of hydrogen-bond acceptors (Lipinski definition) is 3. The smallest absolute Gasteiger partial charge is 0.375 e. The third-order valence-electron chi connectivity index (χ3n) is 1.85. The van der Waals surface area contributed by atoms with Crippen LogP contribution in [0.15, 0.2) is 35.1 Å². The Hall–Kier alpha value is -1.68. The molecule has 1 heterocycles. The molecule has 2 rings (SSSR count). The molecule has 14 heavy (non-hydrogen) atoms. The van der Waals surface area contributed by atoms with Gasteiger partial charge in [0, 0.05) is 6.07 Å². The van der Waals surface area contributed by atoms with E-state index >= 15 is 0 Å². The Bertz CT molecular complexity index is 468. The summed E-state index contributed by atoms with van der Waals surface area (Å²) in [4.78, 5) is 0. The van der Waals surface area contributed by atoms with Gasteiger partial charge in [0.25, 0.3) is 0 Å². The summed E-state index contributed by atoms with van der Waals surface area (Å²) in [5.41, 5.74) is 6.95. The summed E-state index contributed by atoms with van der Waals surface area (Å²) in [5.74, 6) is -0.324. The molecule has 0 bridgehead atoms. The Labute approximate surface area is 85.1 Å². The third kappa shape index (κ3) is 1.29. The Morgan fingerprint density at radius 3 is 2.64 bits per heavy atom. The largest absolute Gasteiger partial charge is 0.475 e. The number of aromatic hydroxyl groups is 1. The first-order chi connectivity index (χ1) is 6.70. The van der Waals surface area contributed by atoms with Gasteiger partial charge in [0.1, 0.15) is 5.69 Å². The van der Waals surface area contributed by atoms with Crippen LogP contribution < -0.4 is 10.3 Å². The second-order valence-corrected chi connectivity index (χ2v) is 3.11. The van der Waals surface area contributed by atoms with E-state index in [1.165, 1.54) is 11.0 Å². The number of nitrogens with zero attached hydrogens (tertiary/aromatic N) is 1. The number of oxazole rings is 1. The lowest BCUT2D eigenvalue weighted by Crippen LogP contribution is -2.29. The number of anilines is 1. The number of benzene rings is 1.